The molecule has 8 heteroatoms. The number of H-pyrrole nitrogens is 1. The monoisotopic (exact) mass is 484 g/mol. The lowest BCUT2D eigenvalue weighted by atomic mass is 10.1. The van der Waals surface area contributed by atoms with Gasteiger partial charge >= 0.3 is 0 Å². The van der Waals surface area contributed by atoms with E-state index in [1.807, 2.05) is 30.3 Å². The number of fused-ring (bicyclic) bond motifs is 1. The van der Waals surface area contributed by atoms with E-state index in [0.717, 1.165) is 60.4 Å². The second-order valence-electron chi connectivity index (χ2n) is 8.66. The third kappa shape index (κ3) is 5.52. The van der Waals surface area contributed by atoms with Crippen molar-refractivity contribution in [1.29, 1.82) is 0 Å². The summed E-state index contributed by atoms with van der Waals surface area (Å²) in [6, 6.07) is 12.9. The Morgan fingerprint density at radius 1 is 1.11 bits per heavy atom. The van der Waals surface area contributed by atoms with E-state index in [2.05, 4.69) is 49.0 Å². The van der Waals surface area contributed by atoms with Crippen LogP contribution in [0.3, 0.4) is 0 Å². The standard InChI is InChI=1S/C27H25ClN6O/c1-33-9-11-34(12-10-33)17-22-7-8-23(14-24(22)28)32-27(35)20-4-2-3-19(13-20)5-6-21-15-29-16-25-26(21)31-18-30-25/h2-4,7-8,13-16,18H,9-12,17H2,1H3,(H,30,31)(H,32,35). The zero-order valence-corrected chi connectivity index (χ0v) is 20.1. The molecule has 0 bridgehead atoms. The maximum Gasteiger partial charge on any atom is 0.255 e. The predicted octanol–water partition coefficient (Wildman–Crippen LogP) is 4.01. The van der Waals surface area contributed by atoms with Crippen molar-refractivity contribution >= 4 is 34.2 Å². The van der Waals surface area contributed by atoms with Crippen molar-refractivity contribution in [2.24, 2.45) is 0 Å². The van der Waals surface area contributed by atoms with Crippen LogP contribution in [0.25, 0.3) is 11.0 Å². The molecular weight excluding hydrogens is 460 g/mol. The normalized spacial score (nSPS) is 14.5. The first-order valence-corrected chi connectivity index (χ1v) is 11.8. The highest BCUT2D eigenvalue weighted by Gasteiger charge is 2.15. The number of amides is 1. The summed E-state index contributed by atoms with van der Waals surface area (Å²) in [6.45, 7) is 4.98. The molecule has 1 aliphatic heterocycles. The first kappa shape index (κ1) is 23.1. The van der Waals surface area contributed by atoms with E-state index in [1.54, 1.807) is 30.9 Å². The molecular formula is C27H25ClN6O. The smallest absolute Gasteiger partial charge is 0.255 e. The van der Waals surface area contributed by atoms with E-state index in [-0.39, 0.29) is 5.91 Å². The van der Waals surface area contributed by atoms with Crippen LogP contribution in [0.1, 0.15) is 27.0 Å². The fraction of sp³-hybridized carbons (Fsp3) is 0.222. The van der Waals surface area contributed by atoms with E-state index >= 15 is 0 Å². The second-order valence-corrected chi connectivity index (χ2v) is 9.06. The van der Waals surface area contributed by atoms with E-state index in [0.29, 0.717) is 16.3 Å². The lowest BCUT2D eigenvalue weighted by molar-refractivity contribution is 0.102. The van der Waals surface area contributed by atoms with Crippen LogP contribution in [-0.2, 0) is 6.54 Å². The van der Waals surface area contributed by atoms with E-state index in [9.17, 15) is 4.79 Å². The number of nitrogens with one attached hydrogen (secondary N) is 2. The molecule has 176 valence electrons. The van der Waals surface area contributed by atoms with Crippen LogP contribution in [0.4, 0.5) is 5.69 Å². The number of carbonyl (C=O) groups excluding carboxylic acids is 1. The highest BCUT2D eigenvalue weighted by atomic mass is 35.5. The van der Waals surface area contributed by atoms with Gasteiger partial charge in [0.1, 0.15) is 5.52 Å². The number of benzene rings is 2. The number of aromatic amines is 1. The molecule has 0 atom stereocenters. The Bertz CT molecular complexity index is 1430. The Labute approximate surface area is 209 Å². The van der Waals surface area contributed by atoms with Gasteiger partial charge in [0.2, 0.25) is 0 Å². The summed E-state index contributed by atoms with van der Waals surface area (Å²) >= 11 is 6.55. The van der Waals surface area contributed by atoms with Crippen LogP contribution in [0, 0.1) is 11.8 Å². The van der Waals surface area contributed by atoms with Gasteiger partial charge in [-0.15, -0.1) is 0 Å². The van der Waals surface area contributed by atoms with E-state index in [1.165, 1.54) is 0 Å². The van der Waals surface area contributed by atoms with Crippen LogP contribution in [-0.4, -0.2) is 63.9 Å². The van der Waals surface area contributed by atoms with Crippen LogP contribution in [0.5, 0.6) is 0 Å². The second kappa shape index (κ2) is 10.3. The summed E-state index contributed by atoms with van der Waals surface area (Å²) in [7, 11) is 2.14. The molecule has 2 N–H and O–H groups in total. The van der Waals surface area contributed by atoms with Crippen molar-refractivity contribution in [3.8, 4) is 11.8 Å². The SMILES string of the molecule is CN1CCN(Cc2ccc(NC(=O)c3cccc(C#Cc4cncc5[nH]cnc45)c3)cc2Cl)CC1. The summed E-state index contributed by atoms with van der Waals surface area (Å²) in [4.78, 5) is 29.1. The third-order valence-corrected chi connectivity index (χ3v) is 6.45. The average Bonchev–Trinajstić information content (AvgIpc) is 3.35. The third-order valence-electron chi connectivity index (χ3n) is 6.10. The first-order chi connectivity index (χ1) is 17.0. The fourth-order valence-corrected chi connectivity index (χ4v) is 4.28. The Morgan fingerprint density at radius 2 is 1.97 bits per heavy atom. The zero-order chi connectivity index (χ0) is 24.2. The molecule has 1 amide bonds. The number of hydrogen-bond donors (Lipinski definition) is 2. The molecule has 5 rings (SSSR count). The lowest BCUT2D eigenvalue weighted by Crippen LogP contribution is -2.43. The average molecular weight is 485 g/mol. The quantitative estimate of drug-likeness (QED) is 0.428. The minimum Gasteiger partial charge on any atom is -0.343 e. The van der Waals surface area contributed by atoms with Gasteiger partial charge < -0.3 is 15.2 Å². The van der Waals surface area contributed by atoms with Crippen molar-refractivity contribution < 1.29 is 4.79 Å². The molecule has 35 heavy (non-hydrogen) atoms. The van der Waals surface area contributed by atoms with Gasteiger partial charge in [-0.3, -0.25) is 14.7 Å². The van der Waals surface area contributed by atoms with E-state index < -0.39 is 0 Å². The topological polar surface area (TPSA) is 77.1 Å². The molecule has 0 radical (unpaired) electrons. The Morgan fingerprint density at radius 3 is 2.80 bits per heavy atom. The summed E-state index contributed by atoms with van der Waals surface area (Å²) in [5.41, 5.74) is 5.30. The van der Waals surface area contributed by atoms with Crippen molar-refractivity contribution in [1.82, 2.24) is 24.8 Å². The van der Waals surface area contributed by atoms with Crippen LogP contribution < -0.4 is 5.32 Å². The molecule has 4 aromatic rings. The van der Waals surface area contributed by atoms with Gasteiger partial charge in [-0.25, -0.2) is 4.98 Å². The first-order valence-electron chi connectivity index (χ1n) is 11.4. The number of halogens is 1. The number of likely N-dealkylation sites (N-methyl/N-ethyl adjacent to an activating group) is 1. The molecule has 3 heterocycles. The molecule has 7 nitrogen and oxygen atoms in total. The van der Waals surface area contributed by atoms with Crippen molar-refractivity contribution in [2.75, 3.05) is 38.5 Å². The summed E-state index contributed by atoms with van der Waals surface area (Å²) in [5, 5.41) is 3.60. The van der Waals surface area contributed by atoms with Gasteiger partial charge in [0.25, 0.3) is 5.91 Å². The number of nitrogens with zero attached hydrogens (tertiary/aromatic N) is 4. The van der Waals surface area contributed by atoms with Gasteiger partial charge in [0.15, 0.2) is 0 Å². The number of imidazole rings is 1. The molecule has 1 fully saturated rings. The van der Waals surface area contributed by atoms with Gasteiger partial charge in [0, 0.05) is 60.8 Å². The molecule has 1 aliphatic rings. The van der Waals surface area contributed by atoms with Crippen molar-refractivity contribution in [3.05, 3.63) is 88.5 Å². The highest BCUT2D eigenvalue weighted by molar-refractivity contribution is 6.31. The van der Waals surface area contributed by atoms with Gasteiger partial charge in [-0.1, -0.05) is 35.6 Å². The molecule has 0 unspecified atom stereocenters. The molecule has 0 spiro atoms. The van der Waals surface area contributed by atoms with E-state index in [4.69, 9.17) is 11.6 Å². The minimum atomic E-state index is -0.215. The van der Waals surface area contributed by atoms with Crippen LogP contribution in [0.2, 0.25) is 5.02 Å². The molecule has 2 aromatic carbocycles. The minimum absolute atomic E-state index is 0.215. The number of pyridine rings is 1. The summed E-state index contributed by atoms with van der Waals surface area (Å²) in [5.74, 6) is 6.00. The Hall–Kier alpha value is -3.70. The maximum absolute atomic E-state index is 12.9. The molecule has 2 aromatic heterocycles. The lowest BCUT2D eigenvalue weighted by Gasteiger charge is -2.32. The van der Waals surface area contributed by atoms with Gasteiger partial charge in [0.05, 0.1) is 23.6 Å². The number of rotatable bonds is 4. The number of aromatic nitrogens is 3. The Kier molecular flexibility index (Phi) is 6.77. The fourth-order valence-electron chi connectivity index (χ4n) is 4.04. The molecule has 1 saturated heterocycles. The number of anilines is 1. The summed E-state index contributed by atoms with van der Waals surface area (Å²) < 4.78 is 0. The largest absolute Gasteiger partial charge is 0.343 e. The Balaban J connectivity index is 1.26. The molecule has 0 saturated carbocycles. The maximum atomic E-state index is 12.9. The number of piperazine rings is 1. The van der Waals surface area contributed by atoms with Crippen LogP contribution in [0.15, 0.2) is 61.2 Å². The number of carbonyl (C=O) groups is 1. The zero-order valence-electron chi connectivity index (χ0n) is 19.4. The van der Waals surface area contributed by atoms with Crippen molar-refractivity contribution in [3.63, 3.8) is 0 Å². The highest BCUT2D eigenvalue weighted by Crippen LogP contribution is 2.23. The molecule has 0 aliphatic carbocycles. The van der Waals surface area contributed by atoms with Crippen LogP contribution >= 0.6 is 11.6 Å². The number of hydrogen-bond acceptors (Lipinski definition) is 5. The van der Waals surface area contributed by atoms with Crippen molar-refractivity contribution in [2.45, 2.75) is 6.54 Å². The predicted molar refractivity (Wildman–Crippen MR) is 138 cm³/mol. The van der Waals surface area contributed by atoms with Gasteiger partial charge in [-0.05, 0) is 42.9 Å². The van der Waals surface area contributed by atoms with Gasteiger partial charge in [-0.2, -0.15) is 0 Å². The summed E-state index contributed by atoms with van der Waals surface area (Å²) in [6.07, 6.45) is 5.02.